The van der Waals surface area contributed by atoms with Gasteiger partial charge in [0.1, 0.15) is 11.5 Å². The van der Waals surface area contributed by atoms with Gasteiger partial charge in [0.25, 0.3) is 0 Å². The zero-order valence-electron chi connectivity index (χ0n) is 17.2. The maximum Gasteiger partial charge on any atom is 0.338 e. The van der Waals surface area contributed by atoms with Crippen molar-refractivity contribution in [3.8, 4) is 12.1 Å². The van der Waals surface area contributed by atoms with Crippen LogP contribution >= 0.6 is 0 Å². The first-order valence-corrected chi connectivity index (χ1v) is 9.42. The van der Waals surface area contributed by atoms with Gasteiger partial charge in [0.05, 0.1) is 30.2 Å². The highest BCUT2D eigenvalue weighted by atomic mass is 16.6. The molecule has 2 atom stereocenters. The van der Waals surface area contributed by atoms with Crippen molar-refractivity contribution in [2.45, 2.75) is 59.0 Å². The van der Waals surface area contributed by atoms with Gasteiger partial charge < -0.3 is 9.47 Å². The summed E-state index contributed by atoms with van der Waals surface area (Å²) in [5, 5.41) is 18.3. The minimum Gasteiger partial charge on any atom is -0.466 e. The smallest absolute Gasteiger partial charge is 0.338 e. The van der Waals surface area contributed by atoms with E-state index in [1.165, 1.54) is 0 Å². The van der Waals surface area contributed by atoms with Crippen LogP contribution in [0.4, 0.5) is 0 Å². The minimum atomic E-state index is -1.03. The van der Waals surface area contributed by atoms with Crippen LogP contribution in [0.2, 0.25) is 0 Å². The third-order valence-corrected chi connectivity index (χ3v) is 4.29. The van der Waals surface area contributed by atoms with Crippen molar-refractivity contribution < 1.29 is 19.1 Å². The molecule has 150 valence electrons. The molecule has 6 heteroatoms. The minimum absolute atomic E-state index is 0.0858. The van der Waals surface area contributed by atoms with Gasteiger partial charge in [-0.05, 0) is 64.2 Å². The van der Waals surface area contributed by atoms with Crippen LogP contribution < -0.4 is 0 Å². The second kappa shape index (κ2) is 10.5. The molecule has 0 fully saturated rings. The fraction of sp³-hybridized carbons (Fsp3) is 0.545. The second-order valence-corrected chi connectivity index (χ2v) is 7.70. The lowest BCUT2D eigenvalue weighted by Gasteiger charge is -2.20. The Balaban J connectivity index is 2.79. The zero-order valence-corrected chi connectivity index (χ0v) is 17.2. The zero-order chi connectivity index (χ0) is 21.3. The predicted molar refractivity (Wildman–Crippen MR) is 104 cm³/mol. The first kappa shape index (κ1) is 23.2. The molecule has 0 aliphatic heterocycles. The lowest BCUT2D eigenvalue weighted by molar-refractivity contribution is -0.149. The third-order valence-electron chi connectivity index (χ3n) is 4.29. The molecule has 28 heavy (non-hydrogen) atoms. The summed E-state index contributed by atoms with van der Waals surface area (Å²) in [5.74, 6) is -2.59. The molecule has 0 amide bonds. The Morgan fingerprint density at radius 2 is 1.64 bits per heavy atom. The molecule has 0 spiro atoms. The Labute approximate surface area is 167 Å². The monoisotopic (exact) mass is 384 g/mol. The summed E-state index contributed by atoms with van der Waals surface area (Å²) >= 11 is 0. The molecular weight excluding hydrogens is 356 g/mol. The highest BCUT2D eigenvalue weighted by molar-refractivity contribution is 5.89. The van der Waals surface area contributed by atoms with E-state index < -0.39 is 23.4 Å². The summed E-state index contributed by atoms with van der Waals surface area (Å²) in [5.41, 5.74) is 0.924. The lowest BCUT2D eigenvalue weighted by atomic mass is 9.85. The Kier molecular flexibility index (Phi) is 8.67. The standard InChI is InChI=1S/C22H28N2O4/c1-6-27-21(26)19(18(13-23)14-24)12-7-15(2)16-8-10-17(11-9-16)20(25)28-22(3,4)5/h8-11,15,18-19H,6-7,12H2,1-5H3. The first-order chi connectivity index (χ1) is 13.1. The van der Waals surface area contributed by atoms with Crippen LogP contribution in [0.5, 0.6) is 0 Å². The van der Waals surface area contributed by atoms with Gasteiger partial charge in [0.2, 0.25) is 0 Å². The summed E-state index contributed by atoms with van der Waals surface area (Å²) in [4.78, 5) is 24.2. The average molecular weight is 384 g/mol. The van der Waals surface area contributed by atoms with Crippen LogP contribution in [-0.2, 0) is 14.3 Å². The Bertz CT molecular complexity index is 737. The van der Waals surface area contributed by atoms with E-state index in [-0.39, 0.29) is 18.5 Å². The predicted octanol–water partition coefficient (Wildman–Crippen LogP) is 4.37. The number of carbonyl (C=O) groups excluding carboxylic acids is 2. The molecule has 0 saturated carbocycles. The quantitative estimate of drug-likeness (QED) is 0.617. The molecule has 2 unspecified atom stereocenters. The molecule has 1 rings (SSSR count). The Morgan fingerprint density at radius 3 is 2.11 bits per heavy atom. The Morgan fingerprint density at radius 1 is 1.07 bits per heavy atom. The fourth-order valence-corrected chi connectivity index (χ4v) is 2.76. The molecule has 0 aromatic heterocycles. The lowest BCUT2D eigenvalue weighted by Crippen LogP contribution is -2.25. The summed E-state index contributed by atoms with van der Waals surface area (Å²) in [7, 11) is 0. The molecule has 0 heterocycles. The molecule has 1 aromatic carbocycles. The van der Waals surface area contributed by atoms with Crippen LogP contribution in [0, 0.1) is 34.5 Å². The molecule has 0 saturated heterocycles. The van der Waals surface area contributed by atoms with Crippen molar-refractivity contribution in [3.05, 3.63) is 35.4 Å². The number of carbonyl (C=O) groups is 2. The van der Waals surface area contributed by atoms with Gasteiger partial charge in [-0.25, -0.2) is 4.79 Å². The van der Waals surface area contributed by atoms with E-state index in [2.05, 4.69) is 0 Å². The largest absolute Gasteiger partial charge is 0.466 e. The summed E-state index contributed by atoms with van der Waals surface area (Å²) < 4.78 is 10.4. The van der Waals surface area contributed by atoms with Gasteiger partial charge in [0.15, 0.2) is 0 Å². The molecule has 0 N–H and O–H groups in total. The van der Waals surface area contributed by atoms with Gasteiger partial charge in [0, 0.05) is 0 Å². The van der Waals surface area contributed by atoms with Gasteiger partial charge in [-0.3, -0.25) is 4.79 Å². The van der Waals surface area contributed by atoms with E-state index in [0.29, 0.717) is 18.4 Å². The van der Waals surface area contributed by atoms with Gasteiger partial charge in [-0.15, -0.1) is 0 Å². The number of benzene rings is 1. The third kappa shape index (κ3) is 7.04. The van der Waals surface area contributed by atoms with E-state index in [4.69, 9.17) is 20.0 Å². The fourth-order valence-electron chi connectivity index (χ4n) is 2.76. The van der Waals surface area contributed by atoms with Crippen LogP contribution in [0.3, 0.4) is 0 Å². The van der Waals surface area contributed by atoms with E-state index in [0.717, 1.165) is 5.56 Å². The maximum atomic E-state index is 12.1. The summed E-state index contributed by atoms with van der Waals surface area (Å²) in [6, 6.07) is 10.9. The van der Waals surface area contributed by atoms with Crippen molar-refractivity contribution in [1.29, 1.82) is 10.5 Å². The SMILES string of the molecule is CCOC(=O)C(CCC(C)c1ccc(C(=O)OC(C)(C)C)cc1)C(C#N)C#N. The number of esters is 2. The molecule has 0 aliphatic rings. The van der Waals surface area contributed by atoms with Gasteiger partial charge in [-0.2, -0.15) is 10.5 Å². The molecule has 0 radical (unpaired) electrons. The molecule has 0 bridgehead atoms. The van der Waals surface area contributed by atoms with E-state index in [1.54, 1.807) is 19.1 Å². The first-order valence-electron chi connectivity index (χ1n) is 9.42. The van der Waals surface area contributed by atoms with Crippen molar-refractivity contribution in [1.82, 2.24) is 0 Å². The normalized spacial score (nSPS) is 13.1. The highest BCUT2D eigenvalue weighted by Gasteiger charge is 2.30. The molecular formula is C22H28N2O4. The molecule has 0 aliphatic carbocycles. The molecule has 6 nitrogen and oxygen atoms in total. The van der Waals surface area contributed by atoms with E-state index in [1.807, 2.05) is 52.0 Å². The summed E-state index contributed by atoms with van der Waals surface area (Å²) in [6.07, 6.45) is 0.981. The van der Waals surface area contributed by atoms with E-state index >= 15 is 0 Å². The second-order valence-electron chi connectivity index (χ2n) is 7.70. The number of hydrogen-bond donors (Lipinski definition) is 0. The van der Waals surface area contributed by atoms with Crippen molar-refractivity contribution >= 4 is 11.9 Å². The van der Waals surface area contributed by atoms with E-state index in [9.17, 15) is 9.59 Å². The van der Waals surface area contributed by atoms with Crippen molar-refractivity contribution in [3.63, 3.8) is 0 Å². The number of hydrogen-bond acceptors (Lipinski definition) is 6. The topological polar surface area (TPSA) is 100 Å². The Hall–Kier alpha value is -2.86. The average Bonchev–Trinajstić information content (AvgIpc) is 2.63. The number of nitriles is 2. The van der Waals surface area contributed by atoms with Gasteiger partial charge >= 0.3 is 11.9 Å². The number of ether oxygens (including phenoxy) is 2. The summed E-state index contributed by atoms with van der Waals surface area (Å²) in [6.45, 7) is 9.35. The highest BCUT2D eigenvalue weighted by Crippen LogP contribution is 2.27. The van der Waals surface area contributed by atoms with Crippen LogP contribution in [-0.4, -0.2) is 24.1 Å². The number of rotatable bonds is 8. The van der Waals surface area contributed by atoms with Crippen LogP contribution in [0.15, 0.2) is 24.3 Å². The maximum absolute atomic E-state index is 12.1. The van der Waals surface area contributed by atoms with Crippen LogP contribution in [0.1, 0.15) is 69.3 Å². The number of nitrogens with zero attached hydrogens (tertiary/aromatic N) is 2. The van der Waals surface area contributed by atoms with Gasteiger partial charge in [-0.1, -0.05) is 19.1 Å². The van der Waals surface area contributed by atoms with Crippen molar-refractivity contribution in [2.75, 3.05) is 6.61 Å². The molecule has 1 aromatic rings. The van der Waals surface area contributed by atoms with Crippen molar-refractivity contribution in [2.24, 2.45) is 11.8 Å². The van der Waals surface area contributed by atoms with Crippen LogP contribution in [0.25, 0.3) is 0 Å².